The molecule has 1 saturated heterocycles. The predicted molar refractivity (Wildman–Crippen MR) is 106 cm³/mol. The van der Waals surface area contributed by atoms with Crippen LogP contribution >= 0.6 is 0 Å². The number of hydrogen-bond acceptors (Lipinski definition) is 4. The van der Waals surface area contributed by atoms with Crippen molar-refractivity contribution in [3.63, 3.8) is 0 Å². The van der Waals surface area contributed by atoms with Crippen LogP contribution in [0.3, 0.4) is 0 Å². The Bertz CT molecular complexity index is 927. The number of benzene rings is 2. The Morgan fingerprint density at radius 2 is 1.96 bits per heavy atom. The van der Waals surface area contributed by atoms with Crippen LogP contribution in [-0.4, -0.2) is 44.4 Å². The third-order valence-corrected chi connectivity index (χ3v) is 6.63. The van der Waals surface area contributed by atoms with Crippen molar-refractivity contribution >= 4 is 32.4 Å². The van der Waals surface area contributed by atoms with Crippen molar-refractivity contribution in [2.75, 3.05) is 25.0 Å². The quantitative estimate of drug-likeness (QED) is 0.820. The molecule has 0 aromatic heterocycles. The molecule has 1 unspecified atom stereocenters. The molecular formula is C20H26N2O4S. The molecule has 6 nitrogen and oxygen atoms in total. The molecular weight excluding hydrogens is 364 g/mol. The van der Waals surface area contributed by atoms with Crippen molar-refractivity contribution in [3.05, 3.63) is 36.4 Å². The van der Waals surface area contributed by atoms with Crippen LogP contribution < -0.4 is 5.32 Å². The van der Waals surface area contributed by atoms with E-state index < -0.39 is 10.0 Å². The zero-order chi connectivity index (χ0) is 19.4. The molecule has 3 rings (SSSR count). The van der Waals surface area contributed by atoms with Gasteiger partial charge in [0.15, 0.2) is 0 Å². The lowest BCUT2D eigenvalue weighted by molar-refractivity contribution is -0.114. The first kappa shape index (κ1) is 19.8. The van der Waals surface area contributed by atoms with Gasteiger partial charge >= 0.3 is 0 Å². The largest absolute Gasteiger partial charge is 0.377 e. The number of nitrogens with one attached hydrogen (secondary N) is 1. The van der Waals surface area contributed by atoms with Crippen LogP contribution in [0.15, 0.2) is 41.3 Å². The van der Waals surface area contributed by atoms with Gasteiger partial charge in [-0.1, -0.05) is 31.2 Å². The first-order chi connectivity index (χ1) is 12.9. The fourth-order valence-electron chi connectivity index (χ4n) is 3.48. The summed E-state index contributed by atoms with van der Waals surface area (Å²) < 4.78 is 34.0. The first-order valence-electron chi connectivity index (χ1n) is 9.34. The molecule has 0 bridgehead atoms. The summed E-state index contributed by atoms with van der Waals surface area (Å²) in [6.07, 6.45) is 2.53. The Hall–Kier alpha value is -1.96. The van der Waals surface area contributed by atoms with Gasteiger partial charge in [0.1, 0.15) is 0 Å². The lowest BCUT2D eigenvalue weighted by Crippen LogP contribution is -2.43. The van der Waals surface area contributed by atoms with Crippen LogP contribution in [0, 0.1) is 0 Å². The Morgan fingerprint density at radius 1 is 1.22 bits per heavy atom. The highest BCUT2D eigenvalue weighted by Gasteiger charge is 2.32. The summed E-state index contributed by atoms with van der Waals surface area (Å²) in [5, 5.41) is 4.09. The zero-order valence-electron chi connectivity index (χ0n) is 15.8. The summed E-state index contributed by atoms with van der Waals surface area (Å²) >= 11 is 0. The SMILES string of the molecule is CCCOC1CCCN(S(=O)(=O)c2ccc(NC(C)=O)c3ccccc23)C1. The van der Waals surface area contributed by atoms with E-state index in [0.29, 0.717) is 36.2 Å². The van der Waals surface area contributed by atoms with Gasteiger partial charge in [-0.3, -0.25) is 4.79 Å². The second-order valence-corrected chi connectivity index (χ2v) is 8.74. The van der Waals surface area contributed by atoms with Crippen molar-refractivity contribution in [1.82, 2.24) is 4.31 Å². The molecule has 1 atom stereocenters. The van der Waals surface area contributed by atoms with Crippen LogP contribution in [-0.2, 0) is 19.6 Å². The Morgan fingerprint density at radius 3 is 2.67 bits per heavy atom. The summed E-state index contributed by atoms with van der Waals surface area (Å²) in [5.41, 5.74) is 0.611. The van der Waals surface area contributed by atoms with Crippen LogP contribution in [0.1, 0.15) is 33.1 Å². The van der Waals surface area contributed by atoms with Gasteiger partial charge in [0.05, 0.1) is 11.0 Å². The number of carbonyl (C=O) groups is 1. The molecule has 2 aromatic rings. The molecule has 7 heteroatoms. The van der Waals surface area contributed by atoms with E-state index in [4.69, 9.17) is 4.74 Å². The summed E-state index contributed by atoms with van der Waals surface area (Å²) in [7, 11) is -3.65. The van der Waals surface area contributed by atoms with Gasteiger partial charge in [-0.25, -0.2) is 8.42 Å². The van der Waals surface area contributed by atoms with Crippen molar-refractivity contribution in [2.24, 2.45) is 0 Å². The maximum absolute atomic E-state index is 13.3. The molecule has 1 heterocycles. The minimum atomic E-state index is -3.65. The molecule has 1 fully saturated rings. The normalized spacial score (nSPS) is 18.5. The van der Waals surface area contributed by atoms with Crippen LogP contribution in [0.5, 0.6) is 0 Å². The number of amides is 1. The lowest BCUT2D eigenvalue weighted by atomic mass is 10.1. The minimum Gasteiger partial charge on any atom is -0.377 e. The summed E-state index contributed by atoms with van der Waals surface area (Å²) in [6, 6.07) is 10.5. The van der Waals surface area contributed by atoms with E-state index in [0.717, 1.165) is 19.3 Å². The number of sulfonamides is 1. The zero-order valence-corrected chi connectivity index (χ0v) is 16.6. The molecule has 2 aromatic carbocycles. The number of hydrogen-bond donors (Lipinski definition) is 1. The Kier molecular flexibility index (Phi) is 6.14. The molecule has 146 valence electrons. The van der Waals surface area contributed by atoms with Crippen molar-refractivity contribution < 1.29 is 17.9 Å². The van der Waals surface area contributed by atoms with E-state index in [9.17, 15) is 13.2 Å². The van der Waals surface area contributed by atoms with E-state index in [1.54, 1.807) is 18.2 Å². The smallest absolute Gasteiger partial charge is 0.243 e. The molecule has 1 aliphatic heterocycles. The molecule has 0 spiro atoms. The molecule has 1 N–H and O–H groups in total. The third kappa shape index (κ3) is 4.31. The van der Waals surface area contributed by atoms with Crippen molar-refractivity contribution in [3.8, 4) is 0 Å². The number of nitrogens with zero attached hydrogens (tertiary/aromatic N) is 1. The number of anilines is 1. The van der Waals surface area contributed by atoms with Gasteiger partial charge in [0, 0.05) is 43.1 Å². The van der Waals surface area contributed by atoms with Gasteiger partial charge in [0.25, 0.3) is 0 Å². The standard InChI is InChI=1S/C20H26N2O4S/c1-3-13-26-16-7-6-12-22(14-16)27(24,25)20-11-10-19(21-15(2)23)17-8-4-5-9-18(17)20/h4-5,8-11,16H,3,6-7,12-14H2,1-2H3,(H,21,23). The van der Waals surface area contributed by atoms with E-state index >= 15 is 0 Å². The van der Waals surface area contributed by atoms with E-state index in [1.165, 1.54) is 11.2 Å². The molecule has 0 radical (unpaired) electrons. The summed E-state index contributed by atoms with van der Waals surface area (Å²) in [4.78, 5) is 11.7. The topological polar surface area (TPSA) is 75.7 Å². The highest BCUT2D eigenvalue weighted by molar-refractivity contribution is 7.89. The highest BCUT2D eigenvalue weighted by atomic mass is 32.2. The highest BCUT2D eigenvalue weighted by Crippen LogP contribution is 2.32. The van der Waals surface area contributed by atoms with Crippen LogP contribution in [0.4, 0.5) is 5.69 Å². The van der Waals surface area contributed by atoms with Crippen LogP contribution in [0.2, 0.25) is 0 Å². The average molecular weight is 391 g/mol. The van der Waals surface area contributed by atoms with Gasteiger partial charge in [-0.05, 0) is 31.4 Å². The second-order valence-electron chi connectivity index (χ2n) is 6.84. The molecule has 1 amide bonds. The minimum absolute atomic E-state index is 0.0570. The van der Waals surface area contributed by atoms with Gasteiger partial charge < -0.3 is 10.1 Å². The van der Waals surface area contributed by atoms with Gasteiger partial charge in [0.2, 0.25) is 15.9 Å². The number of ether oxygens (including phenoxy) is 1. The molecule has 1 aliphatic rings. The Balaban J connectivity index is 1.97. The molecule has 0 aliphatic carbocycles. The fraction of sp³-hybridized carbons (Fsp3) is 0.450. The summed E-state index contributed by atoms with van der Waals surface area (Å²) in [5.74, 6) is -0.192. The van der Waals surface area contributed by atoms with Crippen molar-refractivity contribution in [1.29, 1.82) is 0 Å². The van der Waals surface area contributed by atoms with Gasteiger partial charge in [-0.15, -0.1) is 0 Å². The monoisotopic (exact) mass is 390 g/mol. The maximum Gasteiger partial charge on any atom is 0.243 e. The van der Waals surface area contributed by atoms with Crippen molar-refractivity contribution in [2.45, 2.75) is 44.1 Å². The predicted octanol–water partition coefficient (Wildman–Crippen LogP) is 3.38. The number of rotatable bonds is 6. The van der Waals surface area contributed by atoms with Crippen LogP contribution in [0.25, 0.3) is 10.8 Å². The number of carbonyl (C=O) groups excluding carboxylic acids is 1. The Labute approximate surface area is 160 Å². The lowest BCUT2D eigenvalue weighted by Gasteiger charge is -2.32. The maximum atomic E-state index is 13.3. The first-order valence-corrected chi connectivity index (χ1v) is 10.8. The fourth-order valence-corrected chi connectivity index (χ4v) is 5.18. The third-order valence-electron chi connectivity index (χ3n) is 4.71. The molecule has 27 heavy (non-hydrogen) atoms. The number of piperidine rings is 1. The molecule has 0 saturated carbocycles. The average Bonchev–Trinajstić information content (AvgIpc) is 2.66. The van der Waals surface area contributed by atoms with Gasteiger partial charge in [-0.2, -0.15) is 4.31 Å². The van der Waals surface area contributed by atoms with E-state index in [-0.39, 0.29) is 16.9 Å². The van der Waals surface area contributed by atoms with E-state index in [2.05, 4.69) is 5.32 Å². The van der Waals surface area contributed by atoms with E-state index in [1.807, 2.05) is 25.1 Å². The second kappa shape index (κ2) is 8.37. The number of fused-ring (bicyclic) bond motifs is 1. The summed E-state index contributed by atoms with van der Waals surface area (Å²) in [6.45, 7) is 5.00.